The topological polar surface area (TPSA) is 884 Å². The van der Waals surface area contributed by atoms with Crippen LogP contribution in [0.1, 0.15) is 156 Å². The van der Waals surface area contributed by atoms with Crippen LogP contribution in [0.2, 0.25) is 31.6 Å². The standard InChI is InChI=1S/C14H27BN4O6S.2C14H29BN4O6S.C13H27BN4O6S.C11H22BF2N3O7S/c16-12(3-4-12)13(5-6-13)18-26(24,25)19-8-10(2-1-7-15(22)23)14(17,9-19)11(20)21;1-12(2,13(16)5-6-13)18-26(24,25)19-8-10(4-3-7-15(22)23)14(17,9-19)11(20)21;1-10(13(16)5-6-13)18(2)26(24,25)19-8-11(4-3-7-15(22)23)14(17,9-19)12(20)21;1-9(12(15)4-5-12)17-25(23,24)18-7-10(3-2-6-14(21)22)13(16,8-18)11(19)20;13-9(14)8(15)5-24-25(22,23)17-4-7(2-1-3-12(20)21)11(16,6-17)10(18)19/h10,18,22-23H,1-9,16-17H2,(H,20,21);10,18,22-23H,3-9,16-17H2,1-2H3,(H,20,21);10-11,22-23H,3-9,16-17H2,1-2H3,(H,20,21);9-10,17,21-22H,2-8,15-16H2,1H3,(H,19,20);7-9,20-21H,1-6,15-16H2,(H,18,19)/t2*10-,14-;10?,11-,14-;9?,10-,13-;7-,8?,11-/m00000/s1. The second-order valence-corrected chi connectivity index (χ2v) is 45.9. The Hall–Kier alpha value is -3.92. The Morgan fingerprint density at radius 3 is 1.02 bits per heavy atom. The van der Waals surface area contributed by atoms with Crippen LogP contribution in [0.4, 0.5) is 8.78 Å². The minimum absolute atomic E-state index is 0.0205. The third-order valence-corrected chi connectivity index (χ3v) is 35.5. The van der Waals surface area contributed by atoms with Crippen LogP contribution in [-0.2, 0) is 79.3 Å². The van der Waals surface area contributed by atoms with Crippen molar-refractivity contribution in [1.29, 1.82) is 0 Å². The minimum Gasteiger partial charge on any atom is -0.480 e. The van der Waals surface area contributed by atoms with Gasteiger partial charge in [0, 0.05) is 142 Å². The zero-order chi connectivity index (χ0) is 97.7. The number of hydrogen-bond donors (Lipinski definition) is 28. The van der Waals surface area contributed by atoms with E-state index in [0.717, 1.165) is 55.7 Å². The van der Waals surface area contributed by atoms with Gasteiger partial charge in [-0.15, -0.1) is 0 Å². The maximum Gasteiger partial charge on any atom is 0.451 e. The number of likely N-dealkylation sites (N-methyl/N-ethyl adjacent to an activating group) is 1. The van der Waals surface area contributed by atoms with Gasteiger partial charge in [-0.3, -0.25) is 28.2 Å². The number of rotatable bonds is 46. The molecule has 13 atom stereocenters. The van der Waals surface area contributed by atoms with E-state index in [-0.39, 0.29) is 123 Å². The van der Waals surface area contributed by atoms with E-state index in [1.807, 2.05) is 0 Å². The molecule has 10 aliphatic rings. The lowest BCUT2D eigenvalue weighted by atomic mass is 9.78. The molecule has 0 aromatic heterocycles. The summed E-state index contributed by atoms with van der Waals surface area (Å²) < 4.78 is 170. The van der Waals surface area contributed by atoms with Gasteiger partial charge < -0.3 is 133 Å². The normalized spacial score (nSPS) is 29.5. The van der Waals surface area contributed by atoms with Gasteiger partial charge in [0.2, 0.25) is 0 Å². The van der Waals surface area contributed by atoms with Gasteiger partial charge in [-0.05, 0) is 156 Å². The molecular formula is C66H134B5F2N19O31S5. The molecule has 5 aliphatic heterocycles. The second kappa shape index (κ2) is 42.8. The van der Waals surface area contributed by atoms with E-state index in [2.05, 4.69) is 18.3 Å². The van der Waals surface area contributed by atoms with Crippen LogP contribution in [0, 0.1) is 29.6 Å². The summed E-state index contributed by atoms with van der Waals surface area (Å²) in [6, 6.07) is -2.67. The average Bonchev–Trinajstić information content (AvgIpc) is 1.54. The van der Waals surface area contributed by atoms with Crippen LogP contribution >= 0.6 is 0 Å². The summed E-state index contributed by atoms with van der Waals surface area (Å²) in [5.41, 5.74) is 47.0. The van der Waals surface area contributed by atoms with Crippen molar-refractivity contribution in [2.45, 2.75) is 273 Å². The van der Waals surface area contributed by atoms with Crippen LogP contribution in [0.15, 0.2) is 0 Å². The quantitative estimate of drug-likeness (QED) is 0.0252. The molecule has 0 bridgehead atoms. The van der Waals surface area contributed by atoms with Crippen molar-refractivity contribution in [2.24, 2.45) is 86.9 Å². The molecule has 0 radical (unpaired) electrons. The maximum atomic E-state index is 13.0. The lowest BCUT2D eigenvalue weighted by Crippen LogP contribution is -2.61. The van der Waals surface area contributed by atoms with Crippen molar-refractivity contribution in [3.05, 3.63) is 0 Å². The van der Waals surface area contributed by atoms with Crippen LogP contribution in [0.25, 0.3) is 0 Å². The highest BCUT2D eigenvalue weighted by molar-refractivity contribution is 7.88. The number of alkyl halides is 2. The number of hydrogen-bond acceptors (Lipinski definition) is 36. The molecule has 10 fully saturated rings. The molecule has 5 aliphatic carbocycles. The first-order chi connectivity index (χ1) is 58.3. The molecule has 0 aromatic carbocycles. The Labute approximate surface area is 746 Å². The van der Waals surface area contributed by atoms with Crippen molar-refractivity contribution >= 4 is 117 Å². The van der Waals surface area contributed by atoms with E-state index < -0.39 is 245 Å². The van der Waals surface area contributed by atoms with Crippen LogP contribution in [-0.4, -0.2) is 374 Å². The molecule has 3 unspecified atom stereocenters. The molecule has 10 rings (SSSR count). The second-order valence-electron chi connectivity index (χ2n) is 37.2. The zero-order valence-electron chi connectivity index (χ0n) is 72.5. The van der Waals surface area contributed by atoms with Gasteiger partial charge in [0.1, 0.15) is 27.7 Å². The van der Waals surface area contributed by atoms with E-state index in [9.17, 15) is 100 Å². The summed E-state index contributed by atoms with van der Waals surface area (Å²) in [7, 11) is -26.3. The highest BCUT2D eigenvalue weighted by atomic mass is 32.2. The van der Waals surface area contributed by atoms with Gasteiger partial charge in [0.05, 0.1) is 18.2 Å². The van der Waals surface area contributed by atoms with Gasteiger partial charge >= 0.3 is 75.7 Å². The smallest absolute Gasteiger partial charge is 0.451 e. The summed E-state index contributed by atoms with van der Waals surface area (Å²) >= 11 is 0. The number of carboxylic acids is 5. The van der Waals surface area contributed by atoms with Crippen LogP contribution in [0.5, 0.6) is 0 Å². The van der Waals surface area contributed by atoms with E-state index in [0.29, 0.717) is 62.1 Å². The van der Waals surface area contributed by atoms with Gasteiger partial charge in [0.15, 0.2) is 0 Å². The molecule has 5 saturated heterocycles. The molecule has 0 aromatic rings. The molecular weight excluding hydrogens is 1810 g/mol. The predicted molar refractivity (Wildman–Crippen MR) is 461 cm³/mol. The molecule has 62 heteroatoms. The Kier molecular flexibility index (Phi) is 37.7. The summed E-state index contributed by atoms with van der Waals surface area (Å²) in [5, 5.41) is 137. The molecule has 0 spiro atoms. The van der Waals surface area contributed by atoms with Crippen molar-refractivity contribution in [3.8, 4) is 0 Å². The molecule has 38 N–H and O–H groups in total. The number of carboxylic acid groups (broad SMARTS) is 5. The summed E-state index contributed by atoms with van der Waals surface area (Å²) in [6.07, 6.45) is 7.39. The number of aliphatic carboxylic acids is 5. The molecule has 50 nitrogen and oxygen atoms in total. The van der Waals surface area contributed by atoms with Crippen molar-refractivity contribution in [1.82, 2.24) is 40.0 Å². The van der Waals surface area contributed by atoms with E-state index in [4.69, 9.17) is 108 Å². The molecule has 128 heavy (non-hydrogen) atoms. The first-order valence-corrected chi connectivity index (χ1v) is 49.3. The molecule has 0 amide bonds. The first kappa shape index (κ1) is 113. The summed E-state index contributed by atoms with van der Waals surface area (Å²) in [5.74, 6) is -9.80. The monoisotopic (exact) mass is 1940 g/mol. The third-order valence-electron chi connectivity index (χ3n) is 27.2. The molecule has 738 valence electrons. The predicted octanol–water partition coefficient (Wildman–Crippen LogP) is -10.6. The Morgan fingerprint density at radius 1 is 0.445 bits per heavy atom. The van der Waals surface area contributed by atoms with Crippen molar-refractivity contribution in [3.63, 3.8) is 0 Å². The molecule has 5 heterocycles. The largest absolute Gasteiger partial charge is 0.480 e. The number of nitrogens with one attached hydrogen (secondary N) is 3. The number of nitrogens with two attached hydrogens (primary N) is 10. The van der Waals surface area contributed by atoms with Gasteiger partial charge in [-0.2, -0.15) is 82.1 Å². The van der Waals surface area contributed by atoms with Crippen molar-refractivity contribution < 1.29 is 155 Å². The van der Waals surface area contributed by atoms with Gasteiger partial charge in [0.25, 0.3) is 47.3 Å². The third kappa shape index (κ3) is 27.9. The summed E-state index contributed by atoms with van der Waals surface area (Å²) in [6.45, 7) is 3.53. The fraction of sp³-hybridized carbons (Fsp3) is 0.924. The van der Waals surface area contributed by atoms with Gasteiger partial charge in [-0.1, -0.05) is 32.1 Å². The number of carbonyl (C=O) groups is 5. The highest BCUT2D eigenvalue weighted by Gasteiger charge is 2.67. The van der Waals surface area contributed by atoms with Crippen LogP contribution < -0.4 is 71.5 Å². The Bertz CT molecular complexity index is 4320. The fourth-order valence-electron chi connectivity index (χ4n) is 16.7. The zero-order valence-corrected chi connectivity index (χ0v) is 76.6. The summed E-state index contributed by atoms with van der Waals surface area (Å²) in [4.78, 5) is 58.1. The highest BCUT2D eigenvalue weighted by Crippen LogP contribution is 2.56. The van der Waals surface area contributed by atoms with Crippen molar-refractivity contribution in [2.75, 3.05) is 79.1 Å². The Balaban J connectivity index is 0.000000247. The van der Waals surface area contributed by atoms with Crippen LogP contribution in [0.3, 0.4) is 0 Å². The number of nitrogens with zero attached hydrogens (tertiary/aromatic N) is 6. The SMILES string of the molecule is CC(C)(NS(=O)(=O)N1C[C@H](CCCB(O)O)[C@](N)(C(=O)O)C1)C1(N)CC1.CC(N(C)S(=O)(=O)N1C[C@H](CCCB(O)O)[C@](N)(C(=O)O)C1)C1(N)CC1.CC(NS(=O)(=O)N1C[C@H](CCCB(O)O)[C@](N)(C(=O)O)C1)C1(N)CC1.NC(COS(=O)(=O)N1C[C@H](CCCB(O)O)[C@](N)(C(=O)O)C1)C(F)F.NC1(C2(NS(=O)(=O)N3C[C@H](CCCB(O)O)[C@](N)(C(=O)O)C3)CC2)CC1. The minimum atomic E-state index is -4.49. The number of halogens is 2. The van der Waals surface area contributed by atoms with Gasteiger partial charge in [-0.25, -0.2) is 8.78 Å². The lowest BCUT2D eigenvalue weighted by Gasteiger charge is -2.34. The maximum absolute atomic E-state index is 13.0. The average molecular weight is 1940 g/mol. The Morgan fingerprint density at radius 2 is 0.734 bits per heavy atom. The molecule has 5 saturated carbocycles. The first-order valence-electron chi connectivity index (χ1n) is 42.2. The van der Waals surface area contributed by atoms with E-state index >= 15 is 0 Å². The fourth-order valence-corrected chi connectivity index (χ4v) is 24.7. The van der Waals surface area contributed by atoms with E-state index in [1.165, 1.54) is 11.4 Å². The van der Waals surface area contributed by atoms with E-state index in [1.54, 1.807) is 27.7 Å². The lowest BCUT2D eigenvalue weighted by molar-refractivity contribution is -0.145.